The minimum Gasteiger partial charge on any atom is -0.289 e. The number of thiophene rings is 2. The van der Waals surface area contributed by atoms with Crippen molar-refractivity contribution in [3.63, 3.8) is 0 Å². The third-order valence-electron chi connectivity index (χ3n) is 4.23. The Morgan fingerprint density at radius 3 is 1.38 bits per heavy atom. The summed E-state index contributed by atoms with van der Waals surface area (Å²) < 4.78 is 28.2. The van der Waals surface area contributed by atoms with Gasteiger partial charge < -0.3 is 0 Å². The Bertz CT molecular complexity index is 1030. The van der Waals surface area contributed by atoms with Gasteiger partial charge in [-0.3, -0.25) is 9.59 Å². The maximum atomic E-state index is 13.5. The van der Waals surface area contributed by atoms with E-state index < -0.39 is 0 Å². The third kappa shape index (κ3) is 1.78. The molecule has 1 aliphatic carbocycles. The molecule has 0 amide bonds. The number of hydrogen-bond acceptors (Lipinski definition) is 4. The summed E-state index contributed by atoms with van der Waals surface area (Å²) in [5, 5.41) is 0.480. The van der Waals surface area contributed by atoms with Crippen molar-refractivity contribution in [2.24, 2.45) is 0 Å². The lowest BCUT2D eigenvalue weighted by Gasteiger charge is -2.17. The fraction of sp³-hybridized carbons (Fsp3) is 0. The highest BCUT2D eigenvalue weighted by molar-refractivity contribution is 7.17. The van der Waals surface area contributed by atoms with Gasteiger partial charge in [0, 0.05) is 31.7 Å². The lowest BCUT2D eigenvalue weighted by Crippen LogP contribution is -2.20. The first-order valence-corrected chi connectivity index (χ1v) is 8.70. The minimum atomic E-state index is -0.360. The smallest absolute Gasteiger partial charge is 0.194 e. The van der Waals surface area contributed by atoms with E-state index in [9.17, 15) is 18.4 Å². The van der Waals surface area contributed by atoms with Crippen LogP contribution in [0.1, 0.15) is 31.8 Å². The first-order chi connectivity index (χ1) is 11.5. The number of benzene rings is 2. The fourth-order valence-corrected chi connectivity index (χ4v) is 4.77. The number of carbonyl (C=O) groups excluding carboxylic acids is 2. The number of carbonyl (C=O) groups is 2. The topological polar surface area (TPSA) is 34.1 Å². The van der Waals surface area contributed by atoms with Crippen LogP contribution < -0.4 is 0 Å². The maximum Gasteiger partial charge on any atom is 0.194 e. The van der Waals surface area contributed by atoms with Gasteiger partial charge in [-0.15, -0.1) is 22.7 Å². The van der Waals surface area contributed by atoms with Gasteiger partial charge in [-0.1, -0.05) is 0 Å². The molecule has 0 saturated heterocycles. The summed E-state index contributed by atoms with van der Waals surface area (Å²) in [5.74, 6) is -0.576. The van der Waals surface area contributed by atoms with Gasteiger partial charge in [0.2, 0.25) is 0 Å². The van der Waals surface area contributed by atoms with Crippen LogP contribution in [0, 0.1) is 10.3 Å². The van der Waals surface area contributed by atoms with Gasteiger partial charge in [0.1, 0.15) is 0 Å². The van der Waals surface area contributed by atoms with Gasteiger partial charge in [-0.05, 0) is 47.2 Å². The molecule has 2 aromatic heterocycles. The van der Waals surface area contributed by atoms with E-state index in [0.29, 0.717) is 20.2 Å². The standard InChI is InChI=1S/C18H6F2O2S2/c19-15-3-7-1-9-11(5-13(7)23-15)18(22)12-6-14-8(4-16(20)24-14)2-10(12)17(9)21/h1-6H. The van der Waals surface area contributed by atoms with E-state index in [1.54, 1.807) is 24.3 Å². The molecule has 0 spiro atoms. The van der Waals surface area contributed by atoms with Crippen LogP contribution in [0.15, 0.2) is 36.4 Å². The summed E-state index contributed by atoms with van der Waals surface area (Å²) >= 11 is 1.88. The molecule has 0 N–H and O–H groups in total. The van der Waals surface area contributed by atoms with Crippen molar-refractivity contribution in [2.75, 3.05) is 0 Å². The Balaban J connectivity index is 1.83. The predicted molar refractivity (Wildman–Crippen MR) is 90.4 cm³/mol. The molecule has 2 nitrogen and oxygen atoms in total. The monoisotopic (exact) mass is 356 g/mol. The molecule has 0 saturated carbocycles. The summed E-state index contributed by atoms with van der Waals surface area (Å²) in [6.07, 6.45) is 0. The van der Waals surface area contributed by atoms with E-state index in [-0.39, 0.29) is 44.1 Å². The van der Waals surface area contributed by atoms with Crippen molar-refractivity contribution < 1.29 is 18.4 Å². The van der Waals surface area contributed by atoms with Crippen molar-refractivity contribution in [3.05, 3.63) is 68.9 Å². The molecule has 1 aliphatic rings. The van der Waals surface area contributed by atoms with Crippen LogP contribution in [0.5, 0.6) is 0 Å². The van der Waals surface area contributed by atoms with Gasteiger partial charge in [-0.25, -0.2) is 0 Å². The average molecular weight is 356 g/mol. The van der Waals surface area contributed by atoms with Crippen LogP contribution in [0.25, 0.3) is 20.2 Å². The second kappa shape index (κ2) is 4.55. The molecule has 0 bridgehead atoms. The van der Waals surface area contributed by atoms with E-state index in [0.717, 1.165) is 22.7 Å². The predicted octanol–water partition coefficient (Wildman–Crippen LogP) is 5.17. The minimum absolute atomic E-state index is 0.271. The SMILES string of the molecule is O=C1c2cc3cc(F)sc3cc2C(=O)c2cc3sc(F)cc3cc21. The molecule has 0 aliphatic heterocycles. The molecule has 2 aromatic carbocycles. The maximum absolute atomic E-state index is 13.5. The second-order valence-corrected chi connectivity index (χ2v) is 7.70. The van der Waals surface area contributed by atoms with E-state index in [1.165, 1.54) is 12.1 Å². The van der Waals surface area contributed by atoms with Crippen LogP contribution in [-0.4, -0.2) is 11.6 Å². The van der Waals surface area contributed by atoms with Crippen molar-refractivity contribution >= 4 is 54.4 Å². The van der Waals surface area contributed by atoms with Crippen LogP contribution in [0.4, 0.5) is 8.78 Å². The number of halogens is 2. The number of hydrogen-bond donors (Lipinski definition) is 0. The first kappa shape index (κ1) is 13.9. The molecule has 0 fully saturated rings. The Morgan fingerprint density at radius 2 is 0.958 bits per heavy atom. The van der Waals surface area contributed by atoms with E-state index in [4.69, 9.17) is 0 Å². The fourth-order valence-electron chi connectivity index (χ4n) is 3.15. The highest BCUT2D eigenvalue weighted by Crippen LogP contribution is 2.36. The van der Waals surface area contributed by atoms with Gasteiger partial charge in [0.25, 0.3) is 0 Å². The lowest BCUT2D eigenvalue weighted by atomic mass is 9.83. The van der Waals surface area contributed by atoms with Crippen LogP contribution in [0.2, 0.25) is 0 Å². The number of fused-ring (bicyclic) bond motifs is 4. The summed E-state index contributed by atoms with van der Waals surface area (Å²) in [6, 6.07) is 8.97. The Morgan fingerprint density at radius 1 is 0.583 bits per heavy atom. The third-order valence-corrected chi connectivity index (χ3v) is 6.00. The molecule has 4 aromatic rings. The van der Waals surface area contributed by atoms with Gasteiger partial charge >= 0.3 is 0 Å². The summed E-state index contributed by atoms with van der Waals surface area (Å²) in [5.41, 5.74) is 1.09. The zero-order valence-electron chi connectivity index (χ0n) is 11.9. The van der Waals surface area contributed by atoms with Crippen molar-refractivity contribution in [2.45, 2.75) is 0 Å². The summed E-state index contributed by atoms with van der Waals surface area (Å²) in [6.45, 7) is 0. The van der Waals surface area contributed by atoms with Crippen LogP contribution in [-0.2, 0) is 0 Å². The van der Waals surface area contributed by atoms with E-state index in [1.807, 2.05) is 0 Å². The summed E-state index contributed by atoms with van der Waals surface area (Å²) in [7, 11) is 0. The molecule has 6 heteroatoms. The van der Waals surface area contributed by atoms with Crippen molar-refractivity contribution in [1.82, 2.24) is 0 Å². The zero-order valence-corrected chi connectivity index (χ0v) is 13.5. The number of rotatable bonds is 0. The molecule has 24 heavy (non-hydrogen) atoms. The van der Waals surface area contributed by atoms with Gasteiger partial charge in [-0.2, -0.15) is 8.78 Å². The van der Waals surface area contributed by atoms with E-state index >= 15 is 0 Å². The molecule has 0 unspecified atom stereocenters. The first-order valence-electron chi connectivity index (χ1n) is 7.07. The Labute approximate surface area is 142 Å². The molecule has 2 heterocycles. The molecular formula is C18H6F2O2S2. The molecule has 116 valence electrons. The van der Waals surface area contributed by atoms with Crippen molar-refractivity contribution in [3.8, 4) is 0 Å². The molecular weight excluding hydrogens is 350 g/mol. The number of ketones is 2. The van der Waals surface area contributed by atoms with Gasteiger partial charge in [0.05, 0.1) is 0 Å². The van der Waals surface area contributed by atoms with Crippen LogP contribution >= 0.6 is 22.7 Å². The molecule has 5 rings (SSSR count). The largest absolute Gasteiger partial charge is 0.289 e. The zero-order chi connectivity index (χ0) is 16.6. The van der Waals surface area contributed by atoms with Crippen molar-refractivity contribution in [1.29, 1.82) is 0 Å². The quantitative estimate of drug-likeness (QED) is 0.384. The molecule has 0 atom stereocenters. The van der Waals surface area contributed by atoms with E-state index in [2.05, 4.69) is 0 Å². The average Bonchev–Trinajstić information content (AvgIpc) is 3.09. The molecule has 0 radical (unpaired) electrons. The Hall–Kier alpha value is -2.44. The lowest BCUT2D eigenvalue weighted by molar-refractivity contribution is 0.0979. The summed E-state index contributed by atoms with van der Waals surface area (Å²) in [4.78, 5) is 25.6. The Kier molecular flexibility index (Phi) is 2.65. The van der Waals surface area contributed by atoms with Gasteiger partial charge in [0.15, 0.2) is 21.8 Å². The normalized spacial score (nSPS) is 13.6. The second-order valence-electron chi connectivity index (χ2n) is 5.63. The highest BCUT2D eigenvalue weighted by Gasteiger charge is 2.31. The highest BCUT2D eigenvalue weighted by atomic mass is 32.1. The van der Waals surface area contributed by atoms with Crippen LogP contribution in [0.3, 0.4) is 0 Å².